The number of aromatic nitrogens is 1. The Morgan fingerprint density at radius 1 is 0.944 bits per heavy atom. The van der Waals surface area contributed by atoms with Gasteiger partial charge in [0.05, 0.1) is 12.1 Å². The molecule has 2 rings (SSSR count). The molecule has 0 saturated carbocycles. The molecule has 0 aliphatic heterocycles. The number of hydrogen-bond donors (Lipinski definition) is 1. The molecule has 0 unspecified atom stereocenters. The lowest BCUT2D eigenvalue weighted by Gasteiger charge is -2.03. The maximum Gasteiger partial charge on any atom is 0.309 e. The topological polar surface area (TPSA) is 50.2 Å². The van der Waals surface area contributed by atoms with Crippen molar-refractivity contribution in [3.63, 3.8) is 0 Å². The Bertz CT molecular complexity index is 523. The van der Waals surface area contributed by atoms with Crippen LogP contribution in [-0.2, 0) is 24.1 Å². The Kier molecular flexibility index (Phi) is 4.07. The van der Waals surface area contributed by atoms with Gasteiger partial charge in [-0.15, -0.1) is 0 Å². The van der Waals surface area contributed by atoms with Crippen LogP contribution in [-0.4, -0.2) is 16.1 Å². The van der Waals surface area contributed by atoms with Gasteiger partial charge in [-0.05, 0) is 30.5 Å². The van der Waals surface area contributed by atoms with Gasteiger partial charge in [0.2, 0.25) is 0 Å². The molecule has 0 fully saturated rings. The highest BCUT2D eigenvalue weighted by Gasteiger charge is 2.03. The maximum absolute atomic E-state index is 10.6. The second-order valence-electron chi connectivity index (χ2n) is 4.18. The van der Waals surface area contributed by atoms with Gasteiger partial charge in [0.15, 0.2) is 0 Å². The minimum absolute atomic E-state index is 0.0147. The number of nitrogens with zero attached hydrogens (tertiary/aromatic N) is 1. The Balaban J connectivity index is 1.99. The summed E-state index contributed by atoms with van der Waals surface area (Å²) in [6.07, 6.45) is 1.74. The van der Waals surface area contributed by atoms with E-state index >= 15 is 0 Å². The van der Waals surface area contributed by atoms with Crippen LogP contribution in [0.15, 0.2) is 48.5 Å². The quantitative estimate of drug-likeness (QED) is 0.875. The highest BCUT2D eigenvalue weighted by molar-refractivity contribution is 5.69. The summed E-state index contributed by atoms with van der Waals surface area (Å²) < 4.78 is 0. The van der Waals surface area contributed by atoms with Gasteiger partial charge < -0.3 is 5.11 Å². The fraction of sp³-hybridized carbons (Fsp3) is 0.200. The first-order valence-corrected chi connectivity index (χ1v) is 5.94. The minimum Gasteiger partial charge on any atom is -0.481 e. The summed E-state index contributed by atoms with van der Waals surface area (Å²) in [5.41, 5.74) is 2.83. The Hall–Kier alpha value is -2.16. The fourth-order valence-electron chi connectivity index (χ4n) is 1.84. The summed E-state index contributed by atoms with van der Waals surface area (Å²) in [4.78, 5) is 15.0. The number of rotatable bonds is 5. The smallest absolute Gasteiger partial charge is 0.309 e. The van der Waals surface area contributed by atoms with E-state index in [0.717, 1.165) is 18.5 Å². The first kappa shape index (κ1) is 12.3. The molecule has 92 valence electrons. The molecule has 1 heterocycles. The zero-order valence-corrected chi connectivity index (χ0v) is 10.0. The van der Waals surface area contributed by atoms with Crippen molar-refractivity contribution in [3.8, 4) is 0 Å². The van der Waals surface area contributed by atoms with Gasteiger partial charge in [-0.2, -0.15) is 0 Å². The molecular weight excluding hydrogens is 226 g/mol. The average molecular weight is 241 g/mol. The Morgan fingerprint density at radius 2 is 1.67 bits per heavy atom. The molecule has 1 N–H and O–H groups in total. The van der Waals surface area contributed by atoms with E-state index in [1.54, 1.807) is 6.07 Å². The van der Waals surface area contributed by atoms with E-state index in [1.165, 1.54) is 5.56 Å². The van der Waals surface area contributed by atoms with E-state index in [-0.39, 0.29) is 6.42 Å². The van der Waals surface area contributed by atoms with Gasteiger partial charge in [0.25, 0.3) is 0 Å². The lowest BCUT2D eigenvalue weighted by Crippen LogP contribution is -2.04. The molecule has 0 atom stereocenters. The van der Waals surface area contributed by atoms with Crippen molar-refractivity contribution in [3.05, 3.63) is 65.5 Å². The maximum atomic E-state index is 10.6. The van der Waals surface area contributed by atoms with E-state index in [4.69, 9.17) is 5.11 Å². The number of aliphatic carboxylic acids is 1. The largest absolute Gasteiger partial charge is 0.481 e. The average Bonchev–Trinajstić information content (AvgIpc) is 2.37. The van der Waals surface area contributed by atoms with Crippen LogP contribution in [0.5, 0.6) is 0 Å². The van der Waals surface area contributed by atoms with Gasteiger partial charge in [-0.25, -0.2) is 0 Å². The van der Waals surface area contributed by atoms with E-state index < -0.39 is 5.97 Å². The molecule has 2 aromatic rings. The first-order chi connectivity index (χ1) is 8.74. The Morgan fingerprint density at radius 3 is 2.39 bits per heavy atom. The standard InChI is InChI=1S/C15H15NO2/c17-15(18)11-14-8-4-7-13(16-14)10-9-12-5-2-1-3-6-12/h1-8H,9-11H2,(H,17,18). The molecule has 3 heteroatoms. The van der Waals surface area contributed by atoms with Crippen molar-refractivity contribution in [2.24, 2.45) is 0 Å². The number of aryl methyl sites for hydroxylation is 2. The van der Waals surface area contributed by atoms with Crippen molar-refractivity contribution >= 4 is 5.97 Å². The van der Waals surface area contributed by atoms with Crippen LogP contribution in [0.3, 0.4) is 0 Å². The number of pyridine rings is 1. The highest BCUT2D eigenvalue weighted by atomic mass is 16.4. The third-order valence-corrected chi connectivity index (χ3v) is 2.71. The Labute approximate surface area is 106 Å². The zero-order valence-electron chi connectivity index (χ0n) is 10.0. The number of carbonyl (C=O) groups is 1. The molecule has 1 aromatic carbocycles. The van der Waals surface area contributed by atoms with Crippen LogP contribution in [0.2, 0.25) is 0 Å². The number of hydrogen-bond acceptors (Lipinski definition) is 2. The predicted molar refractivity (Wildman–Crippen MR) is 69.4 cm³/mol. The van der Waals surface area contributed by atoms with Gasteiger partial charge in [-0.1, -0.05) is 36.4 Å². The molecule has 0 aliphatic rings. The summed E-state index contributed by atoms with van der Waals surface area (Å²) in [7, 11) is 0. The van der Waals surface area contributed by atoms with E-state index in [2.05, 4.69) is 17.1 Å². The van der Waals surface area contributed by atoms with Crippen LogP contribution in [0, 0.1) is 0 Å². The first-order valence-electron chi connectivity index (χ1n) is 5.94. The summed E-state index contributed by atoms with van der Waals surface area (Å²) >= 11 is 0. The van der Waals surface area contributed by atoms with Gasteiger partial charge in [0.1, 0.15) is 0 Å². The van der Waals surface area contributed by atoms with Crippen molar-refractivity contribution in [1.29, 1.82) is 0 Å². The van der Waals surface area contributed by atoms with E-state index in [0.29, 0.717) is 5.69 Å². The molecule has 3 nitrogen and oxygen atoms in total. The van der Waals surface area contributed by atoms with Crippen LogP contribution in [0.25, 0.3) is 0 Å². The molecule has 0 saturated heterocycles. The SMILES string of the molecule is O=C(O)Cc1cccc(CCc2ccccc2)n1. The normalized spacial score (nSPS) is 10.2. The van der Waals surface area contributed by atoms with Crippen LogP contribution in [0.1, 0.15) is 17.0 Å². The third kappa shape index (κ3) is 3.70. The molecule has 0 amide bonds. The van der Waals surface area contributed by atoms with Gasteiger partial charge in [0, 0.05) is 5.69 Å². The third-order valence-electron chi connectivity index (χ3n) is 2.71. The fourth-order valence-corrected chi connectivity index (χ4v) is 1.84. The van der Waals surface area contributed by atoms with Crippen molar-refractivity contribution < 1.29 is 9.90 Å². The summed E-state index contributed by atoms with van der Waals surface area (Å²) in [5.74, 6) is -0.845. The van der Waals surface area contributed by atoms with Crippen LogP contribution >= 0.6 is 0 Å². The molecule has 18 heavy (non-hydrogen) atoms. The van der Waals surface area contributed by atoms with Crippen molar-refractivity contribution in [2.75, 3.05) is 0 Å². The summed E-state index contributed by atoms with van der Waals surface area (Å²) in [6.45, 7) is 0. The molecule has 0 spiro atoms. The second kappa shape index (κ2) is 5.96. The van der Waals surface area contributed by atoms with Crippen molar-refractivity contribution in [1.82, 2.24) is 4.98 Å². The van der Waals surface area contributed by atoms with E-state index in [1.807, 2.05) is 30.3 Å². The molecule has 0 radical (unpaired) electrons. The second-order valence-corrected chi connectivity index (χ2v) is 4.18. The van der Waals surface area contributed by atoms with Crippen molar-refractivity contribution in [2.45, 2.75) is 19.3 Å². The van der Waals surface area contributed by atoms with Gasteiger partial charge in [-0.3, -0.25) is 9.78 Å². The predicted octanol–water partition coefficient (Wildman–Crippen LogP) is 2.49. The van der Waals surface area contributed by atoms with Crippen LogP contribution in [0.4, 0.5) is 0 Å². The zero-order chi connectivity index (χ0) is 12.8. The molecule has 1 aromatic heterocycles. The van der Waals surface area contributed by atoms with Gasteiger partial charge >= 0.3 is 5.97 Å². The monoisotopic (exact) mass is 241 g/mol. The number of carboxylic acids is 1. The summed E-state index contributed by atoms with van der Waals surface area (Å²) in [6, 6.07) is 15.8. The molecular formula is C15H15NO2. The minimum atomic E-state index is -0.845. The lowest BCUT2D eigenvalue weighted by molar-refractivity contribution is -0.136. The highest BCUT2D eigenvalue weighted by Crippen LogP contribution is 2.06. The lowest BCUT2D eigenvalue weighted by atomic mass is 10.1. The van der Waals surface area contributed by atoms with E-state index in [9.17, 15) is 4.79 Å². The number of benzene rings is 1. The molecule has 0 bridgehead atoms. The summed E-state index contributed by atoms with van der Waals surface area (Å²) in [5, 5.41) is 8.73. The van der Waals surface area contributed by atoms with Crippen LogP contribution < -0.4 is 0 Å². The molecule has 0 aliphatic carbocycles. The number of carboxylic acid groups (broad SMARTS) is 1.